The molecule has 0 aliphatic carbocycles. The monoisotopic (exact) mass is 677 g/mol. The summed E-state index contributed by atoms with van der Waals surface area (Å²) < 4.78 is 35.8. The number of anilines is 1. The van der Waals surface area contributed by atoms with Crippen molar-refractivity contribution >= 4 is 43.5 Å². The van der Waals surface area contributed by atoms with Gasteiger partial charge in [-0.1, -0.05) is 71.4 Å². The SMILES string of the molecule is CC[C@@H](C)NC(=O)[C@@H](C)N(Cc1cccc(Br)c1)C(=O)CN(c1ccc(Oc2ccccc2)cc1)S(=O)(=O)c1ccccc1. The molecule has 0 aliphatic rings. The minimum Gasteiger partial charge on any atom is -0.457 e. The van der Waals surface area contributed by atoms with Gasteiger partial charge in [0.25, 0.3) is 10.0 Å². The Bertz CT molecular complexity index is 1650. The second-order valence-electron chi connectivity index (χ2n) is 10.4. The highest BCUT2D eigenvalue weighted by atomic mass is 79.9. The molecule has 10 heteroatoms. The summed E-state index contributed by atoms with van der Waals surface area (Å²) in [5, 5.41) is 2.94. The summed E-state index contributed by atoms with van der Waals surface area (Å²) in [7, 11) is -4.17. The van der Waals surface area contributed by atoms with Crippen LogP contribution >= 0.6 is 15.9 Å². The van der Waals surface area contributed by atoms with Gasteiger partial charge in [-0.25, -0.2) is 8.42 Å². The number of sulfonamides is 1. The molecule has 2 amide bonds. The minimum atomic E-state index is -4.17. The van der Waals surface area contributed by atoms with Crippen molar-refractivity contribution in [3.8, 4) is 11.5 Å². The topological polar surface area (TPSA) is 96.0 Å². The first kappa shape index (κ1) is 32.8. The van der Waals surface area contributed by atoms with E-state index in [4.69, 9.17) is 4.74 Å². The first-order valence-corrected chi connectivity index (χ1v) is 16.6. The standard InChI is InChI=1S/C34H36BrN3O5S/c1-4-25(2)36-34(40)26(3)37(23-27-12-11-13-28(35)22-27)33(39)24-38(44(41,42)32-16-9-6-10-17-32)29-18-20-31(21-19-29)43-30-14-7-5-8-15-30/h5-22,25-26H,4,23-24H2,1-3H3,(H,36,40)/t25-,26-/m1/s1. The van der Waals surface area contributed by atoms with Gasteiger partial charge >= 0.3 is 0 Å². The maximum absolute atomic E-state index is 14.1. The number of ether oxygens (including phenoxy) is 1. The van der Waals surface area contributed by atoms with E-state index in [-0.39, 0.29) is 29.1 Å². The van der Waals surface area contributed by atoms with Crippen LogP contribution in [0.5, 0.6) is 11.5 Å². The van der Waals surface area contributed by atoms with Gasteiger partial charge < -0.3 is 15.0 Å². The Balaban J connectivity index is 1.69. The Morgan fingerprint density at radius 3 is 2.07 bits per heavy atom. The van der Waals surface area contributed by atoms with Crippen LogP contribution in [0.15, 0.2) is 119 Å². The van der Waals surface area contributed by atoms with Gasteiger partial charge in [-0.15, -0.1) is 0 Å². The molecule has 44 heavy (non-hydrogen) atoms. The van der Waals surface area contributed by atoms with E-state index in [9.17, 15) is 18.0 Å². The van der Waals surface area contributed by atoms with Gasteiger partial charge in [-0.05, 0) is 86.5 Å². The number of hydrogen-bond donors (Lipinski definition) is 1. The molecule has 230 valence electrons. The molecule has 4 aromatic carbocycles. The molecule has 2 atom stereocenters. The van der Waals surface area contributed by atoms with E-state index in [0.29, 0.717) is 11.5 Å². The van der Waals surface area contributed by atoms with Gasteiger partial charge in [0.15, 0.2) is 0 Å². The Kier molecular flexibility index (Phi) is 11.2. The van der Waals surface area contributed by atoms with Crippen LogP contribution in [0.4, 0.5) is 5.69 Å². The fraction of sp³-hybridized carbons (Fsp3) is 0.235. The Morgan fingerprint density at radius 2 is 1.45 bits per heavy atom. The molecule has 0 aromatic heterocycles. The first-order chi connectivity index (χ1) is 21.1. The van der Waals surface area contributed by atoms with E-state index < -0.39 is 28.5 Å². The third kappa shape index (κ3) is 8.48. The van der Waals surface area contributed by atoms with Crippen molar-refractivity contribution in [3.63, 3.8) is 0 Å². The Hall–Kier alpha value is -4.15. The van der Waals surface area contributed by atoms with Crippen molar-refractivity contribution in [2.24, 2.45) is 0 Å². The fourth-order valence-corrected chi connectivity index (χ4v) is 6.32. The molecule has 0 spiro atoms. The van der Waals surface area contributed by atoms with Crippen LogP contribution in [0.1, 0.15) is 32.8 Å². The fourth-order valence-electron chi connectivity index (χ4n) is 4.43. The molecule has 0 bridgehead atoms. The molecule has 0 radical (unpaired) electrons. The van der Waals surface area contributed by atoms with E-state index in [2.05, 4.69) is 21.2 Å². The summed E-state index contributed by atoms with van der Waals surface area (Å²) in [6.07, 6.45) is 0.727. The predicted molar refractivity (Wildman–Crippen MR) is 176 cm³/mol. The van der Waals surface area contributed by atoms with Crippen LogP contribution < -0.4 is 14.4 Å². The molecule has 0 saturated heterocycles. The minimum absolute atomic E-state index is 0.0403. The number of hydrogen-bond acceptors (Lipinski definition) is 5. The summed E-state index contributed by atoms with van der Waals surface area (Å²) in [6, 6.07) is 30.2. The second-order valence-corrected chi connectivity index (χ2v) is 13.2. The van der Waals surface area contributed by atoms with Crippen LogP contribution in [0.2, 0.25) is 0 Å². The Labute approximate surface area is 267 Å². The molecule has 0 fully saturated rings. The summed E-state index contributed by atoms with van der Waals surface area (Å²) in [4.78, 5) is 28.8. The van der Waals surface area contributed by atoms with Crippen LogP contribution in [-0.4, -0.2) is 43.8 Å². The van der Waals surface area contributed by atoms with E-state index in [1.807, 2.05) is 68.4 Å². The van der Waals surface area contributed by atoms with Crippen LogP contribution in [0, 0.1) is 0 Å². The quantitative estimate of drug-likeness (QED) is 0.169. The smallest absolute Gasteiger partial charge is 0.264 e. The number of rotatable bonds is 13. The third-order valence-corrected chi connectivity index (χ3v) is 9.41. The van der Waals surface area contributed by atoms with Crippen molar-refractivity contribution in [2.45, 2.75) is 50.7 Å². The average molecular weight is 679 g/mol. The molecule has 0 heterocycles. The van der Waals surface area contributed by atoms with Gasteiger partial charge in [0.1, 0.15) is 24.1 Å². The highest BCUT2D eigenvalue weighted by Gasteiger charge is 2.32. The lowest BCUT2D eigenvalue weighted by atomic mass is 10.1. The van der Waals surface area contributed by atoms with Gasteiger partial charge in [0.05, 0.1) is 10.6 Å². The lowest BCUT2D eigenvalue weighted by molar-refractivity contribution is -0.139. The summed E-state index contributed by atoms with van der Waals surface area (Å²) in [6.45, 7) is 5.09. The Morgan fingerprint density at radius 1 is 0.841 bits per heavy atom. The highest BCUT2D eigenvalue weighted by Crippen LogP contribution is 2.28. The van der Waals surface area contributed by atoms with Crippen molar-refractivity contribution in [2.75, 3.05) is 10.8 Å². The average Bonchev–Trinajstić information content (AvgIpc) is 3.03. The normalized spacial score (nSPS) is 12.5. The van der Waals surface area contributed by atoms with E-state index in [1.54, 1.807) is 49.4 Å². The molecule has 8 nitrogen and oxygen atoms in total. The highest BCUT2D eigenvalue weighted by molar-refractivity contribution is 9.10. The van der Waals surface area contributed by atoms with E-state index in [1.165, 1.54) is 17.0 Å². The van der Waals surface area contributed by atoms with E-state index in [0.717, 1.165) is 20.8 Å². The number of nitrogens with zero attached hydrogens (tertiary/aromatic N) is 2. The largest absolute Gasteiger partial charge is 0.457 e. The first-order valence-electron chi connectivity index (χ1n) is 14.3. The molecule has 4 aromatic rings. The zero-order valence-electron chi connectivity index (χ0n) is 24.9. The second kappa shape index (κ2) is 15.0. The number of carbonyl (C=O) groups excluding carboxylic acids is 2. The van der Waals surface area contributed by atoms with Crippen LogP contribution in [-0.2, 0) is 26.2 Å². The van der Waals surface area contributed by atoms with Gasteiger partial charge in [0.2, 0.25) is 11.8 Å². The third-order valence-electron chi connectivity index (χ3n) is 7.12. The van der Waals surface area contributed by atoms with Crippen molar-refractivity contribution in [1.29, 1.82) is 0 Å². The maximum atomic E-state index is 14.1. The molecular weight excluding hydrogens is 642 g/mol. The molecular formula is C34H36BrN3O5S. The van der Waals surface area contributed by atoms with Crippen molar-refractivity contribution in [3.05, 3.63) is 119 Å². The molecule has 0 unspecified atom stereocenters. The number of nitrogens with one attached hydrogen (secondary N) is 1. The number of amides is 2. The molecule has 0 saturated carbocycles. The van der Waals surface area contributed by atoms with Crippen molar-refractivity contribution < 1.29 is 22.7 Å². The number of halogens is 1. The zero-order chi connectivity index (χ0) is 31.7. The molecule has 4 rings (SSSR count). The van der Waals surface area contributed by atoms with Crippen LogP contribution in [0.25, 0.3) is 0 Å². The van der Waals surface area contributed by atoms with E-state index >= 15 is 0 Å². The maximum Gasteiger partial charge on any atom is 0.264 e. The zero-order valence-corrected chi connectivity index (χ0v) is 27.3. The van der Waals surface area contributed by atoms with Gasteiger partial charge in [-0.2, -0.15) is 0 Å². The number of carbonyl (C=O) groups is 2. The summed E-state index contributed by atoms with van der Waals surface area (Å²) in [5.41, 5.74) is 1.07. The lowest BCUT2D eigenvalue weighted by Crippen LogP contribution is -2.52. The summed E-state index contributed by atoms with van der Waals surface area (Å²) >= 11 is 3.47. The van der Waals surface area contributed by atoms with Gasteiger partial charge in [0, 0.05) is 17.1 Å². The lowest BCUT2D eigenvalue weighted by Gasteiger charge is -2.32. The molecule has 1 N–H and O–H groups in total. The van der Waals surface area contributed by atoms with Crippen molar-refractivity contribution in [1.82, 2.24) is 10.2 Å². The summed E-state index contributed by atoms with van der Waals surface area (Å²) in [5.74, 6) is 0.301. The number of benzene rings is 4. The van der Waals surface area contributed by atoms with Crippen LogP contribution in [0.3, 0.4) is 0 Å². The number of para-hydroxylation sites is 1. The van der Waals surface area contributed by atoms with Gasteiger partial charge in [-0.3, -0.25) is 13.9 Å². The molecule has 0 aliphatic heterocycles. The predicted octanol–water partition coefficient (Wildman–Crippen LogP) is 6.77.